The monoisotopic (exact) mass is 350 g/mol. The maximum atomic E-state index is 12.4. The Balaban J connectivity index is 1.71. The fraction of sp³-hybridized carbons (Fsp3) is 0.0500. The molecule has 0 spiro atoms. The molecule has 1 aromatic heterocycles. The van der Waals surface area contributed by atoms with Crippen molar-refractivity contribution in [3.05, 3.63) is 94.6 Å². The van der Waals surface area contributed by atoms with Crippen LogP contribution in [-0.2, 0) is 6.42 Å². The number of aromatic nitrogens is 1. The summed E-state index contributed by atoms with van der Waals surface area (Å²) in [5.74, 6) is 0.116. The van der Waals surface area contributed by atoms with Crippen LogP contribution in [0.15, 0.2) is 72.9 Å². The number of pyridine rings is 1. The highest BCUT2D eigenvalue weighted by molar-refractivity contribution is 6.31. The number of ketones is 1. The molecule has 0 saturated heterocycles. The maximum absolute atomic E-state index is 12.4. The minimum absolute atomic E-state index is 0.0472. The molecule has 0 fully saturated rings. The first-order valence-electron chi connectivity index (χ1n) is 7.72. The number of carbonyl (C=O) groups excluding carboxylic acids is 2. The number of nitrogens with zero attached hydrogens (tertiary/aromatic N) is 1. The first-order valence-corrected chi connectivity index (χ1v) is 8.10. The molecule has 3 rings (SSSR count). The van der Waals surface area contributed by atoms with E-state index < -0.39 is 0 Å². The van der Waals surface area contributed by atoms with Gasteiger partial charge < -0.3 is 5.32 Å². The van der Waals surface area contributed by atoms with Crippen molar-refractivity contribution in [1.82, 2.24) is 4.98 Å². The predicted molar refractivity (Wildman–Crippen MR) is 98.1 cm³/mol. The van der Waals surface area contributed by atoms with Gasteiger partial charge in [0.2, 0.25) is 0 Å². The minimum atomic E-state index is -0.244. The lowest BCUT2D eigenvalue weighted by molar-refractivity contribution is 0.0991. The van der Waals surface area contributed by atoms with Gasteiger partial charge in [-0.2, -0.15) is 0 Å². The topological polar surface area (TPSA) is 59.1 Å². The summed E-state index contributed by atoms with van der Waals surface area (Å²) in [6, 6.07) is 19.2. The number of hydrogen-bond donors (Lipinski definition) is 1. The van der Waals surface area contributed by atoms with Crippen LogP contribution in [0.4, 0.5) is 5.82 Å². The van der Waals surface area contributed by atoms with Gasteiger partial charge in [-0.25, -0.2) is 4.98 Å². The molecule has 0 aliphatic rings. The van der Waals surface area contributed by atoms with Gasteiger partial charge in [0.05, 0.1) is 0 Å². The third-order valence-corrected chi connectivity index (χ3v) is 3.85. The molecule has 0 atom stereocenters. The summed E-state index contributed by atoms with van der Waals surface area (Å²) in [7, 11) is 0. The van der Waals surface area contributed by atoms with Crippen molar-refractivity contribution in [2.45, 2.75) is 6.42 Å². The molecule has 0 aliphatic heterocycles. The molecular weight excluding hydrogens is 336 g/mol. The number of nitrogens with one attached hydrogen (secondary N) is 1. The molecule has 1 N–H and O–H groups in total. The Bertz CT molecular complexity index is 910. The standard InChI is InChI=1S/C20H15ClN2O2/c21-17-8-4-7-16(13-17)18(24)11-14-9-10-22-19(12-14)23-20(25)15-5-2-1-3-6-15/h1-10,12-13H,11H2,(H,22,23,25). The Morgan fingerprint density at radius 3 is 2.44 bits per heavy atom. The molecule has 1 amide bonds. The Labute approximate surface area is 150 Å². The van der Waals surface area contributed by atoms with E-state index in [-0.39, 0.29) is 18.1 Å². The van der Waals surface area contributed by atoms with Gasteiger partial charge in [-0.15, -0.1) is 0 Å². The molecule has 124 valence electrons. The van der Waals surface area contributed by atoms with Crippen molar-refractivity contribution in [1.29, 1.82) is 0 Å². The van der Waals surface area contributed by atoms with E-state index in [1.54, 1.807) is 66.9 Å². The lowest BCUT2D eigenvalue weighted by Gasteiger charge is -2.07. The van der Waals surface area contributed by atoms with Gasteiger partial charge >= 0.3 is 0 Å². The molecule has 0 aliphatic carbocycles. The number of Topliss-reactive ketones (excluding diaryl/α,β-unsaturated/α-hetero) is 1. The number of benzene rings is 2. The van der Waals surface area contributed by atoms with Gasteiger partial charge in [0.25, 0.3) is 5.91 Å². The Morgan fingerprint density at radius 2 is 1.68 bits per heavy atom. The van der Waals surface area contributed by atoms with Crippen LogP contribution in [0.3, 0.4) is 0 Å². The molecule has 4 nitrogen and oxygen atoms in total. The number of amides is 1. The van der Waals surface area contributed by atoms with Crippen molar-refractivity contribution in [2.24, 2.45) is 0 Å². The second-order valence-corrected chi connectivity index (χ2v) is 5.92. The van der Waals surface area contributed by atoms with E-state index in [0.29, 0.717) is 22.0 Å². The van der Waals surface area contributed by atoms with Crippen LogP contribution in [-0.4, -0.2) is 16.7 Å². The molecule has 3 aromatic rings. The summed E-state index contributed by atoms with van der Waals surface area (Å²) in [6.07, 6.45) is 1.78. The first kappa shape index (κ1) is 16.9. The van der Waals surface area contributed by atoms with Gasteiger partial charge in [-0.05, 0) is 42.0 Å². The lowest BCUT2D eigenvalue weighted by Crippen LogP contribution is -2.13. The molecule has 2 aromatic carbocycles. The zero-order valence-electron chi connectivity index (χ0n) is 13.3. The summed E-state index contributed by atoms with van der Waals surface area (Å²) in [6.45, 7) is 0. The van der Waals surface area contributed by atoms with E-state index in [0.717, 1.165) is 5.56 Å². The van der Waals surface area contributed by atoms with Crippen molar-refractivity contribution >= 4 is 29.1 Å². The zero-order valence-corrected chi connectivity index (χ0v) is 14.0. The smallest absolute Gasteiger partial charge is 0.256 e. The van der Waals surface area contributed by atoms with E-state index in [1.807, 2.05) is 6.07 Å². The normalized spacial score (nSPS) is 10.3. The van der Waals surface area contributed by atoms with Crippen LogP contribution < -0.4 is 5.32 Å². The Kier molecular flexibility index (Phi) is 5.21. The number of carbonyl (C=O) groups is 2. The van der Waals surface area contributed by atoms with E-state index in [9.17, 15) is 9.59 Å². The van der Waals surface area contributed by atoms with Crippen LogP contribution in [0.25, 0.3) is 0 Å². The van der Waals surface area contributed by atoms with E-state index in [1.165, 1.54) is 0 Å². The summed E-state index contributed by atoms with van der Waals surface area (Å²) in [5, 5.41) is 3.26. The highest BCUT2D eigenvalue weighted by Gasteiger charge is 2.10. The zero-order chi connectivity index (χ0) is 17.6. The summed E-state index contributed by atoms with van der Waals surface area (Å²) in [5.41, 5.74) is 1.87. The third-order valence-electron chi connectivity index (χ3n) is 3.61. The molecular formula is C20H15ClN2O2. The quantitative estimate of drug-likeness (QED) is 0.693. The van der Waals surface area contributed by atoms with Crippen LogP contribution in [0, 0.1) is 0 Å². The highest BCUT2D eigenvalue weighted by atomic mass is 35.5. The fourth-order valence-corrected chi connectivity index (χ4v) is 2.57. The molecule has 25 heavy (non-hydrogen) atoms. The van der Waals surface area contributed by atoms with Gasteiger partial charge in [0.15, 0.2) is 5.78 Å². The van der Waals surface area contributed by atoms with Crippen LogP contribution in [0.2, 0.25) is 5.02 Å². The first-order chi connectivity index (χ1) is 12.1. The Morgan fingerprint density at radius 1 is 0.920 bits per heavy atom. The SMILES string of the molecule is O=C(Cc1ccnc(NC(=O)c2ccccc2)c1)c1cccc(Cl)c1. The van der Waals surface area contributed by atoms with Crippen molar-refractivity contribution in [3.8, 4) is 0 Å². The van der Waals surface area contributed by atoms with Crippen molar-refractivity contribution in [2.75, 3.05) is 5.32 Å². The van der Waals surface area contributed by atoms with Gasteiger partial charge in [0.1, 0.15) is 5.82 Å². The largest absolute Gasteiger partial charge is 0.307 e. The molecule has 1 heterocycles. The molecule has 0 radical (unpaired) electrons. The van der Waals surface area contributed by atoms with E-state index in [4.69, 9.17) is 11.6 Å². The third kappa shape index (κ3) is 4.52. The van der Waals surface area contributed by atoms with Crippen molar-refractivity contribution < 1.29 is 9.59 Å². The minimum Gasteiger partial charge on any atom is -0.307 e. The average molecular weight is 351 g/mol. The molecule has 0 saturated carbocycles. The van der Waals surface area contributed by atoms with Gasteiger partial charge in [-0.3, -0.25) is 9.59 Å². The molecule has 5 heteroatoms. The van der Waals surface area contributed by atoms with Crippen LogP contribution >= 0.6 is 11.6 Å². The summed E-state index contributed by atoms with van der Waals surface area (Å²) in [4.78, 5) is 28.7. The predicted octanol–water partition coefficient (Wildman–Crippen LogP) is 4.41. The number of halogens is 1. The van der Waals surface area contributed by atoms with Gasteiger partial charge in [-0.1, -0.05) is 41.9 Å². The number of anilines is 1. The van der Waals surface area contributed by atoms with Crippen LogP contribution in [0.1, 0.15) is 26.3 Å². The summed E-state index contributed by atoms with van der Waals surface area (Å²) < 4.78 is 0. The van der Waals surface area contributed by atoms with Gasteiger partial charge in [0, 0.05) is 28.8 Å². The van der Waals surface area contributed by atoms with Crippen molar-refractivity contribution in [3.63, 3.8) is 0 Å². The average Bonchev–Trinajstić information content (AvgIpc) is 2.63. The number of hydrogen-bond acceptors (Lipinski definition) is 3. The van der Waals surface area contributed by atoms with E-state index in [2.05, 4.69) is 10.3 Å². The van der Waals surface area contributed by atoms with Crippen LogP contribution in [0.5, 0.6) is 0 Å². The second-order valence-electron chi connectivity index (χ2n) is 5.48. The lowest BCUT2D eigenvalue weighted by atomic mass is 10.0. The van der Waals surface area contributed by atoms with E-state index >= 15 is 0 Å². The summed E-state index contributed by atoms with van der Waals surface area (Å²) >= 11 is 5.92. The fourth-order valence-electron chi connectivity index (χ4n) is 2.38. The maximum Gasteiger partial charge on any atom is 0.256 e. The second kappa shape index (κ2) is 7.73. The number of rotatable bonds is 5. The Hall–Kier alpha value is -2.98. The molecule has 0 unspecified atom stereocenters. The molecule has 0 bridgehead atoms. The highest BCUT2D eigenvalue weighted by Crippen LogP contribution is 2.15.